The van der Waals surface area contributed by atoms with Crippen LogP contribution in [0.1, 0.15) is 135 Å². The van der Waals surface area contributed by atoms with Gasteiger partial charge in [0.25, 0.3) is 0 Å². The van der Waals surface area contributed by atoms with Crippen molar-refractivity contribution < 1.29 is 34.3 Å². The molecule has 0 bridgehead atoms. The van der Waals surface area contributed by atoms with Crippen LogP contribution in [0.25, 0.3) is 0 Å². The van der Waals surface area contributed by atoms with E-state index in [-0.39, 0.29) is 19.3 Å². The minimum atomic E-state index is -0.00926. The normalized spacial score (nSPS) is 17.5. The Bertz CT molecular complexity index is 1330. The lowest BCUT2D eigenvalue weighted by Gasteiger charge is -2.26. The molecule has 7 rings (SSSR count). The maximum atomic E-state index is 8.33. The van der Waals surface area contributed by atoms with E-state index in [9.17, 15) is 0 Å². The van der Waals surface area contributed by atoms with Gasteiger partial charge in [-0.2, -0.15) is 0 Å². The third-order valence-corrected chi connectivity index (χ3v) is 14.5. The van der Waals surface area contributed by atoms with Crippen molar-refractivity contribution in [2.45, 2.75) is 154 Å². The van der Waals surface area contributed by atoms with Crippen LogP contribution in [-0.4, -0.2) is 300 Å². The van der Waals surface area contributed by atoms with Gasteiger partial charge in [0.05, 0.1) is 65.3 Å². The largest absolute Gasteiger partial charge is 0.396 e. The van der Waals surface area contributed by atoms with Crippen molar-refractivity contribution in [3.8, 4) is 0 Å². The fraction of sp³-hybridized carbons (Fsp3) is 0.954. The maximum absolute atomic E-state index is 8.33. The van der Waals surface area contributed by atoms with E-state index in [1.165, 1.54) is 83.7 Å². The van der Waals surface area contributed by atoms with Crippen LogP contribution < -0.4 is 68.8 Å². The highest BCUT2D eigenvalue weighted by Crippen LogP contribution is 2.26. The van der Waals surface area contributed by atoms with Crippen molar-refractivity contribution in [2.75, 3.05) is 238 Å². The Morgan fingerprint density at radius 3 is 1.32 bits per heavy atom. The summed E-state index contributed by atoms with van der Waals surface area (Å²) in [4.78, 5) is 15.3. The third-order valence-electron chi connectivity index (χ3n) is 14.5. The molecule has 0 amide bonds. The lowest BCUT2D eigenvalue weighted by atomic mass is 9.90. The summed E-state index contributed by atoms with van der Waals surface area (Å²) in [6.07, 6.45) is 30.6. The van der Waals surface area contributed by atoms with Gasteiger partial charge in [-0.3, -0.25) is 9.80 Å². The van der Waals surface area contributed by atoms with Crippen LogP contribution in [0.4, 0.5) is 0 Å². The standard InChI is InChI=1S/C7H16N2O.C7H16N2.C7H15N.C6H11N3.C6H14N2O.C6H15NO.C5H14N2.C5H11NO.C4H12N2.C4H11NO2.C4H11NO.C4H9N/c8-2-1-3-9-4-6-10-7-5-9;8-4-7-9-5-2-1-3-6-9;8-6-7-4-2-1-3-5-7;7-2-1-4-9-5-3-8-6-9;7-1-2-8-3-5-9-6-4-8;7-5-3-1-2-4-6-8;1-7(2)5-3-4-6;6-4-5-2-1-3-7-5;1-6(2)4-3-5;5-1-3-7-4-2-6;1-2-4(5)3-6;5-3-4-1-2-4/h1-8H2;1-8H2;7H,1-6,8H2;3,5-6H,1-2,4,7H2;1-7H2;8H,1-7H2;3-6H2,1-2H3;5H,1-4,6H2;3-5H2,1-2H3;6H,1-5H2;4,6H,2-3,5H2,1H3;4H,1-3,5H2. The molecule has 0 radical (unpaired) electrons. The number of rotatable bonds is 29. The fourth-order valence-electron chi connectivity index (χ4n) is 8.47. The smallest absolute Gasteiger partial charge is 0.0945 e. The van der Waals surface area contributed by atoms with E-state index in [0.29, 0.717) is 39.0 Å². The highest BCUT2D eigenvalue weighted by molar-refractivity contribution is 4.74. The van der Waals surface area contributed by atoms with Crippen LogP contribution in [0.2, 0.25) is 0 Å². The zero-order valence-electron chi connectivity index (χ0n) is 59.6. The van der Waals surface area contributed by atoms with Crippen molar-refractivity contribution >= 4 is 0 Å². The number of unbranched alkanes of at least 4 members (excludes halogenated alkanes) is 3. The molecule has 1 aromatic rings. The van der Waals surface area contributed by atoms with Crippen LogP contribution in [0, 0.1) is 11.8 Å². The summed E-state index contributed by atoms with van der Waals surface area (Å²) < 4.78 is 22.3. The van der Waals surface area contributed by atoms with Gasteiger partial charge in [0.1, 0.15) is 0 Å². The summed E-state index contributed by atoms with van der Waals surface area (Å²) in [6, 6.07) is -0.00926. The van der Waals surface area contributed by atoms with Gasteiger partial charge in [0.15, 0.2) is 0 Å². The highest BCUT2D eigenvalue weighted by Gasteiger charge is 2.18. The van der Waals surface area contributed by atoms with E-state index in [4.69, 9.17) is 103 Å². The molecule has 26 heteroatoms. The van der Waals surface area contributed by atoms with E-state index in [0.717, 1.165) is 227 Å². The number of hydrogen-bond acceptors (Lipinski definition) is 25. The molecule has 2 atom stereocenters. The average molecular weight is 1320 g/mol. The van der Waals surface area contributed by atoms with Crippen molar-refractivity contribution in [1.29, 1.82) is 0 Å². The van der Waals surface area contributed by atoms with Crippen molar-refractivity contribution in [3.05, 3.63) is 18.7 Å². The summed E-state index contributed by atoms with van der Waals surface area (Å²) >= 11 is 0. The molecule has 1 aromatic heterocycles. The van der Waals surface area contributed by atoms with Crippen molar-refractivity contribution in [1.82, 2.24) is 34.1 Å². The quantitative estimate of drug-likeness (QED) is 0.0476. The molecule has 6 aliphatic rings. The molecule has 6 fully saturated rings. The summed E-state index contributed by atoms with van der Waals surface area (Å²) in [5.41, 5.74) is 63.5. The predicted molar refractivity (Wildman–Crippen MR) is 385 cm³/mol. The summed E-state index contributed by atoms with van der Waals surface area (Å²) in [7, 11) is 8.12. The highest BCUT2D eigenvalue weighted by atomic mass is 16.5. The van der Waals surface area contributed by atoms with Gasteiger partial charge in [0, 0.05) is 117 Å². The van der Waals surface area contributed by atoms with E-state index >= 15 is 0 Å². The van der Waals surface area contributed by atoms with Crippen LogP contribution in [0.5, 0.6) is 0 Å². The van der Waals surface area contributed by atoms with Crippen LogP contribution in [0.15, 0.2) is 18.7 Å². The Labute approximate surface area is 557 Å². The SMILES string of the molecule is CCC(N)CO.CN(C)CCCN.CN(C)CCN.NCC1CC1.NCC1CCCCC1.NCC1CCCO1.NCCCCCCO.NCCCN1CCOCC1.NCCCn1ccnc1.NCCN1CCCCC1.NCCN1CCOCC1.NCCOCCO. The first kappa shape index (κ1) is 97.9. The van der Waals surface area contributed by atoms with Gasteiger partial charge in [-0.05, 0) is 195 Å². The molecule has 0 spiro atoms. The number of hydrogen-bond donors (Lipinski definition) is 15. The number of imidazole rings is 1. The number of aliphatic hydroxyl groups is 3. The van der Waals surface area contributed by atoms with E-state index in [2.05, 4.69) is 43.6 Å². The molecule has 2 aliphatic carbocycles. The number of likely N-dealkylation sites (N-methyl/N-ethyl adjacent to an activating group) is 1. The molecule has 2 unspecified atom stereocenters. The number of nitrogens with two attached hydrogens (primary N) is 12. The summed E-state index contributed by atoms with van der Waals surface area (Å²) in [5.74, 6) is 1.78. The first-order chi connectivity index (χ1) is 44.2. The Hall–Kier alpha value is -1.75. The first-order valence-corrected chi connectivity index (χ1v) is 35.3. The molecular weight excluding hydrogens is 1160 g/mol. The Morgan fingerprint density at radius 2 is 0.989 bits per heavy atom. The molecule has 5 heterocycles. The average Bonchev–Trinajstić information content (AvgIpc) is 4.08. The van der Waals surface area contributed by atoms with Gasteiger partial charge < -0.3 is 122 Å². The molecule has 91 heavy (non-hydrogen) atoms. The number of aliphatic hydroxyl groups excluding tert-OH is 3. The molecule has 2 saturated carbocycles. The number of likely N-dealkylation sites (tertiary alicyclic amines) is 1. The Kier molecular flexibility index (Phi) is 90.8. The van der Waals surface area contributed by atoms with E-state index < -0.39 is 0 Å². The van der Waals surface area contributed by atoms with Gasteiger partial charge in [0.2, 0.25) is 0 Å². The fourth-order valence-corrected chi connectivity index (χ4v) is 8.47. The second kappa shape index (κ2) is 84.3. The minimum Gasteiger partial charge on any atom is -0.396 e. The molecular formula is C65H155N19O7. The van der Waals surface area contributed by atoms with E-state index in [1.54, 1.807) is 12.5 Å². The van der Waals surface area contributed by atoms with Gasteiger partial charge in [-0.25, -0.2) is 4.98 Å². The molecule has 26 nitrogen and oxygen atoms in total. The molecule has 552 valence electrons. The zero-order valence-corrected chi connectivity index (χ0v) is 59.6. The molecule has 0 aromatic carbocycles. The number of nitrogens with zero attached hydrogens (tertiary/aromatic N) is 7. The number of ether oxygens (including phenoxy) is 4. The number of aryl methyl sites for hydroxylation is 1. The lowest BCUT2D eigenvalue weighted by Crippen LogP contribution is -2.39. The molecule has 4 saturated heterocycles. The van der Waals surface area contributed by atoms with E-state index in [1.807, 2.05) is 31.8 Å². The lowest BCUT2D eigenvalue weighted by molar-refractivity contribution is 0.0377. The second-order valence-corrected chi connectivity index (χ2v) is 23.7. The topological polar surface area (TPSA) is 444 Å². The zero-order chi connectivity index (χ0) is 68.9. The Morgan fingerprint density at radius 1 is 0.484 bits per heavy atom. The summed E-state index contributed by atoms with van der Waals surface area (Å²) in [5, 5.41) is 24.7. The van der Waals surface area contributed by atoms with Crippen molar-refractivity contribution in [2.24, 2.45) is 80.6 Å². The number of aromatic nitrogens is 2. The molecule has 27 N–H and O–H groups in total. The van der Waals surface area contributed by atoms with Gasteiger partial charge in [-0.15, -0.1) is 0 Å². The third kappa shape index (κ3) is 86.2. The minimum absolute atomic E-state index is 0.00926. The van der Waals surface area contributed by atoms with Crippen LogP contribution in [0.3, 0.4) is 0 Å². The number of piperidine rings is 1. The van der Waals surface area contributed by atoms with Crippen LogP contribution >= 0.6 is 0 Å². The monoisotopic (exact) mass is 1310 g/mol. The number of morpholine rings is 2. The van der Waals surface area contributed by atoms with Crippen LogP contribution in [-0.2, 0) is 25.5 Å². The maximum Gasteiger partial charge on any atom is 0.0945 e. The summed E-state index contributed by atoms with van der Waals surface area (Å²) in [6.45, 7) is 29.5. The van der Waals surface area contributed by atoms with Gasteiger partial charge >= 0.3 is 0 Å². The first-order valence-electron chi connectivity index (χ1n) is 35.3. The molecule has 4 aliphatic heterocycles. The second-order valence-electron chi connectivity index (χ2n) is 23.7. The Balaban J connectivity index is -0.000000297. The van der Waals surface area contributed by atoms with Gasteiger partial charge in [-0.1, -0.05) is 45.4 Å². The van der Waals surface area contributed by atoms with Crippen molar-refractivity contribution in [3.63, 3.8) is 0 Å². The predicted octanol–water partition coefficient (Wildman–Crippen LogP) is 0.184.